The van der Waals surface area contributed by atoms with E-state index in [0.29, 0.717) is 6.61 Å². The molecule has 3 heteroatoms. The van der Waals surface area contributed by atoms with Crippen LogP contribution in [0, 0.1) is 0 Å². The van der Waals surface area contributed by atoms with Crippen molar-refractivity contribution in [2.75, 3.05) is 13.2 Å². The SMILES string of the molecule is CCCOCC(N)c1csc2ccccc12. The van der Waals surface area contributed by atoms with Gasteiger partial charge in [-0.3, -0.25) is 0 Å². The Morgan fingerprint density at radius 1 is 1.38 bits per heavy atom. The van der Waals surface area contributed by atoms with Crippen LogP contribution in [0.2, 0.25) is 0 Å². The molecule has 2 N–H and O–H groups in total. The van der Waals surface area contributed by atoms with Gasteiger partial charge in [0.1, 0.15) is 0 Å². The molecule has 2 rings (SSSR count). The molecular weight excluding hydrogens is 218 g/mol. The maximum Gasteiger partial charge on any atom is 0.0659 e. The summed E-state index contributed by atoms with van der Waals surface area (Å²) in [5.41, 5.74) is 7.33. The molecule has 0 saturated carbocycles. The van der Waals surface area contributed by atoms with Gasteiger partial charge in [-0.25, -0.2) is 0 Å². The van der Waals surface area contributed by atoms with Crippen molar-refractivity contribution in [2.24, 2.45) is 5.73 Å². The Labute approximate surface area is 100 Å². The van der Waals surface area contributed by atoms with Gasteiger partial charge in [-0.05, 0) is 28.8 Å². The minimum absolute atomic E-state index is 0.0114. The van der Waals surface area contributed by atoms with Gasteiger partial charge < -0.3 is 10.5 Å². The van der Waals surface area contributed by atoms with Crippen LogP contribution in [-0.4, -0.2) is 13.2 Å². The normalized spacial score (nSPS) is 13.1. The molecule has 0 spiro atoms. The summed E-state index contributed by atoms with van der Waals surface area (Å²) in [5.74, 6) is 0. The van der Waals surface area contributed by atoms with Crippen LogP contribution in [0.5, 0.6) is 0 Å². The van der Waals surface area contributed by atoms with Crippen LogP contribution in [-0.2, 0) is 4.74 Å². The molecule has 0 amide bonds. The molecule has 0 bridgehead atoms. The number of thiophene rings is 1. The highest BCUT2D eigenvalue weighted by Crippen LogP contribution is 2.29. The fourth-order valence-electron chi connectivity index (χ4n) is 1.73. The largest absolute Gasteiger partial charge is 0.379 e. The Bertz CT molecular complexity index is 452. The molecule has 1 aromatic carbocycles. The number of hydrogen-bond donors (Lipinski definition) is 1. The number of benzene rings is 1. The summed E-state index contributed by atoms with van der Waals surface area (Å²) in [6, 6.07) is 8.35. The maximum atomic E-state index is 6.13. The third kappa shape index (κ3) is 2.43. The van der Waals surface area contributed by atoms with Crippen molar-refractivity contribution in [1.82, 2.24) is 0 Å². The van der Waals surface area contributed by atoms with Crippen molar-refractivity contribution in [3.63, 3.8) is 0 Å². The van der Waals surface area contributed by atoms with Crippen LogP contribution in [0.3, 0.4) is 0 Å². The molecule has 16 heavy (non-hydrogen) atoms. The molecular formula is C13H17NOS. The monoisotopic (exact) mass is 235 g/mol. The second-order valence-corrected chi connectivity index (χ2v) is 4.78. The maximum absolute atomic E-state index is 6.13. The zero-order chi connectivity index (χ0) is 11.4. The highest BCUT2D eigenvalue weighted by molar-refractivity contribution is 7.17. The van der Waals surface area contributed by atoms with Crippen molar-refractivity contribution in [3.05, 3.63) is 35.2 Å². The van der Waals surface area contributed by atoms with Crippen LogP contribution in [0.15, 0.2) is 29.6 Å². The van der Waals surface area contributed by atoms with E-state index in [4.69, 9.17) is 10.5 Å². The van der Waals surface area contributed by atoms with E-state index < -0.39 is 0 Å². The molecule has 0 aliphatic heterocycles. The van der Waals surface area contributed by atoms with Gasteiger partial charge in [0.05, 0.1) is 12.6 Å². The Hall–Kier alpha value is -0.900. The Kier molecular flexibility index (Phi) is 3.93. The van der Waals surface area contributed by atoms with E-state index in [1.807, 2.05) is 0 Å². The van der Waals surface area contributed by atoms with E-state index in [0.717, 1.165) is 13.0 Å². The lowest BCUT2D eigenvalue weighted by Crippen LogP contribution is -2.16. The number of nitrogens with two attached hydrogens (primary N) is 1. The van der Waals surface area contributed by atoms with Crippen molar-refractivity contribution in [1.29, 1.82) is 0 Å². The first-order valence-corrected chi connectivity index (χ1v) is 6.50. The molecule has 2 aromatic rings. The van der Waals surface area contributed by atoms with E-state index in [9.17, 15) is 0 Å². The molecule has 0 aliphatic rings. The molecule has 1 unspecified atom stereocenters. The molecule has 86 valence electrons. The zero-order valence-electron chi connectivity index (χ0n) is 9.48. The first kappa shape index (κ1) is 11.6. The zero-order valence-corrected chi connectivity index (χ0v) is 10.3. The van der Waals surface area contributed by atoms with E-state index in [1.165, 1.54) is 15.6 Å². The lowest BCUT2D eigenvalue weighted by atomic mass is 10.1. The predicted octanol–water partition coefficient (Wildman–Crippen LogP) is 3.33. The van der Waals surface area contributed by atoms with Crippen LogP contribution in [0.1, 0.15) is 24.9 Å². The van der Waals surface area contributed by atoms with Crippen molar-refractivity contribution in [3.8, 4) is 0 Å². The van der Waals surface area contributed by atoms with Gasteiger partial charge in [-0.1, -0.05) is 25.1 Å². The van der Waals surface area contributed by atoms with Gasteiger partial charge in [0.2, 0.25) is 0 Å². The number of fused-ring (bicyclic) bond motifs is 1. The van der Waals surface area contributed by atoms with Gasteiger partial charge in [0.25, 0.3) is 0 Å². The number of rotatable bonds is 5. The summed E-state index contributed by atoms with van der Waals surface area (Å²) in [7, 11) is 0. The molecule has 1 heterocycles. The van der Waals surface area contributed by atoms with Gasteiger partial charge >= 0.3 is 0 Å². The van der Waals surface area contributed by atoms with Gasteiger partial charge in [-0.15, -0.1) is 11.3 Å². The summed E-state index contributed by atoms with van der Waals surface area (Å²) in [5, 5.41) is 3.41. The highest BCUT2D eigenvalue weighted by atomic mass is 32.1. The summed E-state index contributed by atoms with van der Waals surface area (Å²) >= 11 is 1.75. The van der Waals surface area contributed by atoms with E-state index in [1.54, 1.807) is 11.3 Å². The molecule has 1 aromatic heterocycles. The number of ether oxygens (including phenoxy) is 1. The van der Waals surface area contributed by atoms with E-state index in [-0.39, 0.29) is 6.04 Å². The third-order valence-electron chi connectivity index (χ3n) is 2.56. The third-order valence-corrected chi connectivity index (χ3v) is 3.54. The molecule has 0 fully saturated rings. The van der Waals surface area contributed by atoms with Crippen molar-refractivity contribution in [2.45, 2.75) is 19.4 Å². The molecule has 0 saturated heterocycles. The summed E-state index contributed by atoms with van der Waals surface area (Å²) in [6.45, 7) is 3.50. The second kappa shape index (κ2) is 5.43. The summed E-state index contributed by atoms with van der Waals surface area (Å²) in [6.07, 6.45) is 1.04. The minimum atomic E-state index is -0.0114. The highest BCUT2D eigenvalue weighted by Gasteiger charge is 2.11. The Morgan fingerprint density at radius 3 is 3.00 bits per heavy atom. The second-order valence-electron chi connectivity index (χ2n) is 3.87. The molecule has 0 radical (unpaired) electrons. The quantitative estimate of drug-likeness (QED) is 0.807. The van der Waals surface area contributed by atoms with Crippen molar-refractivity contribution >= 4 is 21.4 Å². The van der Waals surface area contributed by atoms with Gasteiger partial charge in [0.15, 0.2) is 0 Å². The van der Waals surface area contributed by atoms with Gasteiger partial charge in [-0.2, -0.15) is 0 Å². The topological polar surface area (TPSA) is 35.2 Å². The van der Waals surface area contributed by atoms with Crippen LogP contribution in [0.4, 0.5) is 0 Å². The minimum Gasteiger partial charge on any atom is -0.379 e. The van der Waals surface area contributed by atoms with E-state index in [2.05, 4.69) is 36.6 Å². The lowest BCUT2D eigenvalue weighted by Gasteiger charge is -2.11. The fraction of sp³-hybridized carbons (Fsp3) is 0.385. The van der Waals surface area contributed by atoms with Crippen molar-refractivity contribution < 1.29 is 4.74 Å². The van der Waals surface area contributed by atoms with Crippen LogP contribution < -0.4 is 5.73 Å². The van der Waals surface area contributed by atoms with Crippen LogP contribution in [0.25, 0.3) is 10.1 Å². The average Bonchev–Trinajstić information content (AvgIpc) is 2.73. The summed E-state index contributed by atoms with van der Waals surface area (Å²) in [4.78, 5) is 0. The summed E-state index contributed by atoms with van der Waals surface area (Å²) < 4.78 is 6.79. The van der Waals surface area contributed by atoms with Crippen LogP contribution >= 0.6 is 11.3 Å². The number of hydrogen-bond acceptors (Lipinski definition) is 3. The average molecular weight is 235 g/mol. The predicted molar refractivity (Wildman–Crippen MR) is 69.9 cm³/mol. The first-order chi connectivity index (χ1) is 7.83. The lowest BCUT2D eigenvalue weighted by molar-refractivity contribution is 0.122. The fourth-order valence-corrected chi connectivity index (χ4v) is 2.76. The smallest absolute Gasteiger partial charge is 0.0659 e. The Morgan fingerprint density at radius 2 is 2.19 bits per heavy atom. The first-order valence-electron chi connectivity index (χ1n) is 5.62. The molecule has 0 aliphatic carbocycles. The standard InChI is InChI=1S/C13H17NOS/c1-2-7-15-8-12(14)11-9-16-13-6-4-3-5-10(11)13/h3-6,9,12H,2,7-8,14H2,1H3. The molecule has 1 atom stereocenters. The van der Waals surface area contributed by atoms with E-state index >= 15 is 0 Å². The van der Waals surface area contributed by atoms with Gasteiger partial charge in [0, 0.05) is 11.3 Å². The Balaban J connectivity index is 2.13. The molecule has 2 nitrogen and oxygen atoms in total.